The molecule has 1 N–H and O–H groups in total. The summed E-state index contributed by atoms with van der Waals surface area (Å²) in [4.78, 5) is 16.8. The fourth-order valence-corrected chi connectivity index (χ4v) is 4.41. The topological polar surface area (TPSA) is 73.8 Å². The average molecular weight is 406 g/mol. The Balaban J connectivity index is 1.76. The maximum absolute atomic E-state index is 12.7. The van der Waals surface area contributed by atoms with E-state index in [2.05, 4.69) is 33.7 Å². The first-order chi connectivity index (χ1) is 13.8. The molecule has 2 aliphatic rings. The molecule has 4 rings (SSSR count). The Labute approximate surface area is 174 Å². The monoisotopic (exact) mass is 405 g/mol. The van der Waals surface area contributed by atoms with Gasteiger partial charge in [0.25, 0.3) is 5.91 Å². The minimum Gasteiger partial charge on any atom is -0.318 e. The summed E-state index contributed by atoms with van der Waals surface area (Å²) in [6.45, 7) is 10.2. The molecule has 0 saturated carbocycles. The molecular weight excluding hydrogens is 382 g/mol. The Morgan fingerprint density at radius 1 is 1.17 bits per heavy atom. The lowest BCUT2D eigenvalue weighted by molar-refractivity contribution is -0.114. The molecule has 6 nitrogen and oxygen atoms in total. The SMILES string of the molecule is Cc1ccccc1-n1c(C)cc(/C=C2/C(=N)N3N=C(C(C)C)SC3=NC2=O)c1C. The van der Waals surface area contributed by atoms with Crippen molar-refractivity contribution in [3.8, 4) is 5.69 Å². The van der Waals surface area contributed by atoms with Crippen molar-refractivity contribution in [1.82, 2.24) is 9.58 Å². The molecule has 0 bridgehead atoms. The normalized spacial score (nSPS) is 17.9. The van der Waals surface area contributed by atoms with Gasteiger partial charge in [0.1, 0.15) is 5.04 Å². The van der Waals surface area contributed by atoms with Gasteiger partial charge in [-0.3, -0.25) is 10.2 Å². The molecule has 0 aliphatic carbocycles. The van der Waals surface area contributed by atoms with Crippen LogP contribution in [0.1, 0.15) is 36.4 Å². The Bertz CT molecular complexity index is 1140. The highest BCUT2D eigenvalue weighted by Gasteiger charge is 2.36. The largest absolute Gasteiger partial charge is 0.318 e. The number of para-hydroxylation sites is 1. The Morgan fingerprint density at radius 3 is 2.59 bits per heavy atom. The van der Waals surface area contributed by atoms with Crippen molar-refractivity contribution in [2.75, 3.05) is 0 Å². The van der Waals surface area contributed by atoms with Crippen LogP contribution in [0.3, 0.4) is 0 Å². The third-order valence-corrected chi connectivity index (χ3v) is 6.30. The number of amidine groups is 2. The summed E-state index contributed by atoms with van der Waals surface area (Å²) in [6.07, 6.45) is 1.76. The molecule has 0 spiro atoms. The number of aromatic nitrogens is 1. The van der Waals surface area contributed by atoms with Gasteiger partial charge < -0.3 is 4.57 Å². The second-order valence-corrected chi connectivity index (χ2v) is 8.55. The summed E-state index contributed by atoms with van der Waals surface area (Å²) in [5.74, 6) is -0.102. The van der Waals surface area contributed by atoms with Crippen LogP contribution in [0.4, 0.5) is 0 Å². The van der Waals surface area contributed by atoms with Crippen molar-refractivity contribution in [1.29, 1.82) is 5.41 Å². The van der Waals surface area contributed by atoms with Crippen LogP contribution in [0.2, 0.25) is 0 Å². The lowest BCUT2D eigenvalue weighted by Crippen LogP contribution is -2.35. The number of hydrazone groups is 1. The van der Waals surface area contributed by atoms with E-state index in [1.165, 1.54) is 22.3 Å². The number of aliphatic imine (C=N–C) groups is 1. The smallest absolute Gasteiger partial charge is 0.283 e. The summed E-state index contributed by atoms with van der Waals surface area (Å²) in [7, 11) is 0. The van der Waals surface area contributed by atoms with Crippen LogP contribution in [-0.4, -0.2) is 31.5 Å². The second kappa shape index (κ2) is 7.15. The van der Waals surface area contributed by atoms with Gasteiger partial charge in [-0.1, -0.05) is 32.0 Å². The summed E-state index contributed by atoms with van der Waals surface area (Å²) in [5, 5.41) is 15.8. The second-order valence-electron chi connectivity index (χ2n) is 7.56. The van der Waals surface area contributed by atoms with Gasteiger partial charge in [0.05, 0.1) is 5.57 Å². The number of thioether (sulfide) groups is 1. The van der Waals surface area contributed by atoms with E-state index in [0.717, 1.165) is 27.7 Å². The number of nitrogens with one attached hydrogen (secondary N) is 1. The third-order valence-electron chi connectivity index (χ3n) is 5.09. The molecule has 2 aliphatic heterocycles. The van der Waals surface area contributed by atoms with Gasteiger partial charge in [0, 0.05) is 23.0 Å². The van der Waals surface area contributed by atoms with Crippen LogP contribution < -0.4 is 0 Å². The Morgan fingerprint density at radius 2 is 1.90 bits per heavy atom. The number of hydrogen-bond donors (Lipinski definition) is 1. The molecule has 0 fully saturated rings. The molecule has 29 heavy (non-hydrogen) atoms. The van der Waals surface area contributed by atoms with Gasteiger partial charge in [-0.2, -0.15) is 15.1 Å². The number of amides is 1. The molecule has 1 aromatic carbocycles. The number of fused-ring (bicyclic) bond motifs is 1. The molecule has 0 radical (unpaired) electrons. The first kappa shape index (κ1) is 19.4. The van der Waals surface area contributed by atoms with Crippen LogP contribution in [-0.2, 0) is 4.79 Å². The van der Waals surface area contributed by atoms with Gasteiger partial charge in [-0.15, -0.1) is 0 Å². The van der Waals surface area contributed by atoms with Crippen molar-refractivity contribution < 1.29 is 4.79 Å². The predicted molar refractivity (Wildman–Crippen MR) is 120 cm³/mol. The van der Waals surface area contributed by atoms with Gasteiger partial charge in [-0.25, -0.2) is 0 Å². The maximum Gasteiger partial charge on any atom is 0.283 e. The van der Waals surface area contributed by atoms with Crippen LogP contribution in [0.5, 0.6) is 0 Å². The summed E-state index contributed by atoms with van der Waals surface area (Å²) >= 11 is 1.36. The molecule has 0 saturated heterocycles. The van der Waals surface area contributed by atoms with E-state index < -0.39 is 5.91 Å². The lowest BCUT2D eigenvalue weighted by atomic mass is 10.1. The quantitative estimate of drug-likeness (QED) is 0.754. The minimum atomic E-state index is -0.394. The Hall–Kier alpha value is -2.93. The standard InChI is InChI=1S/C22H23N5OS/c1-12(2)21-25-27-19(23)17(20(28)24-22(27)29-21)11-16-10-14(4)26(15(16)5)18-9-7-6-8-13(18)3/h6-12,23H,1-5H3/b17-11-,23-19?. The zero-order valence-corrected chi connectivity index (χ0v) is 18.0. The van der Waals surface area contributed by atoms with E-state index in [1.54, 1.807) is 6.08 Å². The zero-order chi connectivity index (χ0) is 20.9. The highest BCUT2D eigenvalue weighted by atomic mass is 32.2. The van der Waals surface area contributed by atoms with Crippen LogP contribution in [0, 0.1) is 32.1 Å². The van der Waals surface area contributed by atoms with Crippen LogP contribution in [0.15, 0.2) is 46.0 Å². The third kappa shape index (κ3) is 3.25. The predicted octanol–water partition coefficient (Wildman–Crippen LogP) is 4.68. The van der Waals surface area contributed by atoms with E-state index in [0.29, 0.717) is 5.17 Å². The highest BCUT2D eigenvalue weighted by molar-refractivity contribution is 8.27. The summed E-state index contributed by atoms with van der Waals surface area (Å²) < 4.78 is 2.17. The van der Waals surface area contributed by atoms with E-state index in [-0.39, 0.29) is 17.3 Å². The van der Waals surface area contributed by atoms with Crippen molar-refractivity contribution in [2.24, 2.45) is 16.0 Å². The first-order valence-electron chi connectivity index (χ1n) is 9.53. The van der Waals surface area contributed by atoms with Crippen LogP contribution >= 0.6 is 11.8 Å². The zero-order valence-electron chi connectivity index (χ0n) is 17.1. The molecule has 148 valence electrons. The van der Waals surface area contributed by atoms with Gasteiger partial charge in [0.2, 0.25) is 5.17 Å². The van der Waals surface area contributed by atoms with Crippen LogP contribution in [0.25, 0.3) is 11.8 Å². The number of hydrogen-bond acceptors (Lipinski definition) is 4. The Kier molecular flexibility index (Phi) is 4.78. The fraction of sp³-hybridized carbons (Fsp3) is 0.273. The number of aryl methyl sites for hydroxylation is 2. The number of nitrogens with zero attached hydrogens (tertiary/aromatic N) is 4. The molecular formula is C22H23N5OS. The fourth-order valence-electron chi connectivity index (χ4n) is 3.51. The maximum atomic E-state index is 12.7. The van der Waals surface area contributed by atoms with Gasteiger partial charge >= 0.3 is 0 Å². The number of benzene rings is 1. The summed E-state index contributed by atoms with van der Waals surface area (Å²) in [6, 6.07) is 10.2. The number of carbonyl (C=O) groups is 1. The summed E-state index contributed by atoms with van der Waals surface area (Å²) in [5.41, 5.74) is 5.53. The minimum absolute atomic E-state index is 0.0730. The van der Waals surface area contributed by atoms with E-state index in [9.17, 15) is 4.79 Å². The molecule has 0 unspecified atom stereocenters. The number of rotatable bonds is 3. The highest BCUT2D eigenvalue weighted by Crippen LogP contribution is 2.32. The van der Waals surface area contributed by atoms with Gasteiger partial charge in [-0.05, 0) is 61.9 Å². The average Bonchev–Trinajstić information content (AvgIpc) is 3.21. The van der Waals surface area contributed by atoms with Crippen molar-refractivity contribution in [3.05, 3.63) is 58.4 Å². The van der Waals surface area contributed by atoms with E-state index >= 15 is 0 Å². The van der Waals surface area contributed by atoms with Crippen molar-refractivity contribution >= 4 is 39.8 Å². The molecule has 2 aromatic rings. The lowest BCUT2D eigenvalue weighted by Gasteiger charge is -2.20. The van der Waals surface area contributed by atoms with E-state index in [1.807, 2.05) is 45.9 Å². The molecule has 3 heterocycles. The number of carbonyl (C=O) groups excluding carboxylic acids is 1. The first-order valence-corrected chi connectivity index (χ1v) is 10.3. The van der Waals surface area contributed by atoms with Crippen molar-refractivity contribution in [2.45, 2.75) is 34.6 Å². The molecule has 0 atom stereocenters. The van der Waals surface area contributed by atoms with Gasteiger partial charge in [0.15, 0.2) is 5.84 Å². The van der Waals surface area contributed by atoms with E-state index in [4.69, 9.17) is 5.41 Å². The molecule has 1 aromatic heterocycles. The molecule has 1 amide bonds. The van der Waals surface area contributed by atoms with Crippen molar-refractivity contribution in [3.63, 3.8) is 0 Å². The molecule has 7 heteroatoms.